The van der Waals surface area contributed by atoms with Crippen molar-refractivity contribution >= 4 is 17.5 Å². The molecule has 2 aromatic rings. The van der Waals surface area contributed by atoms with Gasteiger partial charge in [-0.25, -0.2) is 0 Å². The number of ether oxygens (including phenoxy) is 1. The van der Waals surface area contributed by atoms with E-state index in [9.17, 15) is 14.7 Å². The van der Waals surface area contributed by atoms with Gasteiger partial charge in [0.2, 0.25) is 5.91 Å². The fraction of sp³-hybridized carbons (Fsp3) is 0.440. The molecule has 5 rings (SSSR count). The third kappa shape index (κ3) is 3.12. The van der Waals surface area contributed by atoms with Crippen LogP contribution in [0.2, 0.25) is 0 Å². The molecule has 1 saturated carbocycles. The van der Waals surface area contributed by atoms with Gasteiger partial charge in [0.25, 0.3) is 5.91 Å². The maximum absolute atomic E-state index is 13.6. The molecule has 1 saturated heterocycles. The highest BCUT2D eigenvalue weighted by molar-refractivity contribution is 6.09. The molecule has 0 spiro atoms. The molecular formula is C25H28N2O4. The number of methoxy groups -OCH3 is 1. The molecule has 31 heavy (non-hydrogen) atoms. The first-order valence-corrected chi connectivity index (χ1v) is 11.1. The van der Waals surface area contributed by atoms with Crippen molar-refractivity contribution < 1.29 is 19.4 Å². The second-order valence-electron chi connectivity index (χ2n) is 8.74. The lowest BCUT2D eigenvalue weighted by atomic mass is 9.71. The predicted octanol–water partition coefficient (Wildman–Crippen LogP) is 3.20. The van der Waals surface area contributed by atoms with Gasteiger partial charge in [-0.15, -0.1) is 0 Å². The van der Waals surface area contributed by atoms with Gasteiger partial charge in [0.05, 0.1) is 31.4 Å². The van der Waals surface area contributed by atoms with E-state index in [0.717, 1.165) is 36.9 Å². The Balaban J connectivity index is 1.52. The zero-order valence-electron chi connectivity index (χ0n) is 17.7. The molecule has 0 aromatic heterocycles. The van der Waals surface area contributed by atoms with Gasteiger partial charge in [0.1, 0.15) is 5.75 Å². The number of nitrogens with zero attached hydrogens (tertiary/aromatic N) is 2. The van der Waals surface area contributed by atoms with E-state index < -0.39 is 0 Å². The van der Waals surface area contributed by atoms with E-state index in [0.29, 0.717) is 17.9 Å². The minimum atomic E-state index is -0.220. The smallest absolute Gasteiger partial charge is 0.262 e. The third-order valence-corrected chi connectivity index (χ3v) is 7.23. The summed E-state index contributed by atoms with van der Waals surface area (Å²) >= 11 is 0. The van der Waals surface area contributed by atoms with Crippen molar-refractivity contribution in [3.63, 3.8) is 0 Å². The maximum Gasteiger partial charge on any atom is 0.262 e. The highest BCUT2D eigenvalue weighted by atomic mass is 16.5. The largest absolute Gasteiger partial charge is 0.496 e. The molecule has 0 unspecified atom stereocenters. The number of aliphatic hydroxyl groups is 1. The summed E-state index contributed by atoms with van der Waals surface area (Å²) in [7, 11) is 1.56. The molecule has 2 amide bonds. The summed E-state index contributed by atoms with van der Waals surface area (Å²) in [6, 6.07) is 14.8. The molecule has 2 aromatic carbocycles. The molecule has 6 heteroatoms. The molecule has 2 heterocycles. The lowest BCUT2D eigenvalue weighted by Gasteiger charge is -2.59. The molecule has 0 bridgehead atoms. The fourth-order valence-electron chi connectivity index (χ4n) is 5.73. The Morgan fingerprint density at radius 1 is 1.06 bits per heavy atom. The summed E-state index contributed by atoms with van der Waals surface area (Å²) in [5.74, 6) is 0.637. The molecule has 6 nitrogen and oxygen atoms in total. The number of carbonyl (C=O) groups is 2. The molecule has 2 aliphatic heterocycles. The van der Waals surface area contributed by atoms with E-state index in [1.54, 1.807) is 24.1 Å². The number of carbonyl (C=O) groups excluding carboxylic acids is 2. The number of likely N-dealkylation sites (tertiary alicyclic amines) is 1. The van der Waals surface area contributed by atoms with Crippen LogP contribution in [0.15, 0.2) is 48.5 Å². The van der Waals surface area contributed by atoms with Gasteiger partial charge >= 0.3 is 0 Å². The maximum atomic E-state index is 13.6. The van der Waals surface area contributed by atoms with E-state index >= 15 is 0 Å². The minimum absolute atomic E-state index is 0.0468. The Morgan fingerprint density at radius 3 is 2.52 bits per heavy atom. The standard InChI is InChI=1S/C25H28N2O4/c1-31-22-13-7-5-11-18(22)25(30)26-14-20-23(17-10-4-6-12-19(17)26)21(15-28)27(20)24(29)16-8-2-3-9-16/h4-7,10-13,16,20-21,23,28H,2-3,8-9,14-15H2,1H3/t20-,21-,23+/m1/s1. The molecule has 3 aliphatic rings. The van der Waals surface area contributed by atoms with Crippen molar-refractivity contribution in [2.45, 2.75) is 43.7 Å². The van der Waals surface area contributed by atoms with E-state index in [1.807, 2.05) is 41.3 Å². The Kier molecular flexibility index (Phi) is 5.18. The van der Waals surface area contributed by atoms with Gasteiger partial charge in [0, 0.05) is 24.1 Å². The normalized spacial score (nSPS) is 24.9. The van der Waals surface area contributed by atoms with E-state index in [1.165, 1.54) is 0 Å². The van der Waals surface area contributed by atoms with Gasteiger partial charge in [-0.3, -0.25) is 9.59 Å². The van der Waals surface area contributed by atoms with Crippen molar-refractivity contribution in [3.8, 4) is 5.75 Å². The minimum Gasteiger partial charge on any atom is -0.496 e. The Morgan fingerprint density at radius 2 is 1.77 bits per heavy atom. The van der Waals surface area contributed by atoms with Crippen LogP contribution < -0.4 is 9.64 Å². The van der Waals surface area contributed by atoms with Gasteiger partial charge in [-0.1, -0.05) is 43.2 Å². The van der Waals surface area contributed by atoms with Crippen LogP contribution >= 0.6 is 0 Å². The number of amides is 2. The average Bonchev–Trinajstić information content (AvgIpc) is 3.34. The number of hydrogen-bond donors (Lipinski definition) is 1. The first kappa shape index (κ1) is 20.1. The topological polar surface area (TPSA) is 70.1 Å². The number of benzene rings is 2. The van der Waals surface area contributed by atoms with Crippen molar-refractivity contribution in [2.24, 2.45) is 5.92 Å². The summed E-state index contributed by atoms with van der Waals surface area (Å²) in [5, 5.41) is 10.1. The van der Waals surface area contributed by atoms with Crippen LogP contribution in [0.4, 0.5) is 5.69 Å². The van der Waals surface area contributed by atoms with Gasteiger partial charge in [0.15, 0.2) is 0 Å². The van der Waals surface area contributed by atoms with E-state index in [2.05, 4.69) is 0 Å². The number of hydrogen-bond acceptors (Lipinski definition) is 4. The van der Waals surface area contributed by atoms with Crippen molar-refractivity contribution in [2.75, 3.05) is 25.2 Å². The summed E-state index contributed by atoms with van der Waals surface area (Å²) in [6.45, 7) is 0.363. The SMILES string of the molecule is COc1ccccc1C(=O)N1C[C@@H]2[C@H](c3ccccc31)[C@@H](CO)N2C(=O)C1CCCC1. The predicted molar refractivity (Wildman–Crippen MR) is 117 cm³/mol. The van der Waals surface area contributed by atoms with Crippen LogP contribution in [0, 0.1) is 5.92 Å². The van der Waals surface area contributed by atoms with Gasteiger partial charge in [-0.2, -0.15) is 0 Å². The van der Waals surface area contributed by atoms with Crippen LogP contribution in [0.1, 0.15) is 47.5 Å². The lowest BCUT2D eigenvalue weighted by Crippen LogP contribution is -2.71. The van der Waals surface area contributed by atoms with Crippen LogP contribution in [0.3, 0.4) is 0 Å². The number of rotatable bonds is 4. The second kappa shape index (κ2) is 8.00. The molecule has 0 radical (unpaired) electrons. The van der Waals surface area contributed by atoms with Crippen molar-refractivity contribution in [1.82, 2.24) is 4.90 Å². The van der Waals surface area contributed by atoms with E-state index in [-0.39, 0.29) is 42.3 Å². The number of para-hydroxylation sites is 2. The number of anilines is 1. The molecule has 1 N–H and O–H groups in total. The summed E-state index contributed by atoms with van der Waals surface area (Å²) in [5.41, 5.74) is 2.38. The quantitative estimate of drug-likeness (QED) is 0.825. The first-order valence-electron chi connectivity index (χ1n) is 11.1. The van der Waals surface area contributed by atoms with Crippen LogP contribution in [-0.2, 0) is 4.79 Å². The second-order valence-corrected chi connectivity index (χ2v) is 8.74. The zero-order valence-corrected chi connectivity index (χ0v) is 17.7. The molecule has 3 atom stereocenters. The fourth-order valence-corrected chi connectivity index (χ4v) is 5.73. The zero-order chi connectivity index (χ0) is 21.5. The summed E-state index contributed by atoms with van der Waals surface area (Å²) in [6.07, 6.45) is 4.02. The van der Waals surface area contributed by atoms with Crippen molar-refractivity contribution in [3.05, 3.63) is 59.7 Å². The number of aliphatic hydroxyl groups excluding tert-OH is 1. The molecule has 2 fully saturated rings. The van der Waals surface area contributed by atoms with Gasteiger partial charge in [-0.05, 0) is 36.6 Å². The average molecular weight is 421 g/mol. The third-order valence-electron chi connectivity index (χ3n) is 7.23. The Bertz CT molecular complexity index is 1000. The van der Waals surface area contributed by atoms with Crippen molar-refractivity contribution in [1.29, 1.82) is 0 Å². The van der Waals surface area contributed by atoms with E-state index in [4.69, 9.17) is 4.74 Å². The van der Waals surface area contributed by atoms with Crippen LogP contribution in [0.25, 0.3) is 0 Å². The highest BCUT2D eigenvalue weighted by Gasteiger charge is 2.56. The molecule has 162 valence electrons. The summed E-state index contributed by atoms with van der Waals surface area (Å²) < 4.78 is 5.42. The Hall–Kier alpha value is -2.86. The van der Waals surface area contributed by atoms with Crippen LogP contribution in [0.5, 0.6) is 5.75 Å². The molecule has 1 aliphatic carbocycles. The number of fused-ring (bicyclic) bond motifs is 3. The lowest BCUT2D eigenvalue weighted by molar-refractivity contribution is -0.154. The Labute approximate surface area is 182 Å². The molecular weight excluding hydrogens is 392 g/mol. The first-order chi connectivity index (χ1) is 15.2. The van der Waals surface area contributed by atoms with Gasteiger partial charge < -0.3 is 19.6 Å². The summed E-state index contributed by atoms with van der Waals surface area (Å²) in [4.78, 5) is 30.5. The van der Waals surface area contributed by atoms with Crippen LogP contribution in [-0.4, -0.2) is 54.2 Å². The highest BCUT2D eigenvalue weighted by Crippen LogP contribution is 2.49. The monoisotopic (exact) mass is 420 g/mol.